The van der Waals surface area contributed by atoms with Gasteiger partial charge in [-0.1, -0.05) is 60.1 Å². The normalized spacial score (nSPS) is 12.8. The van der Waals surface area contributed by atoms with E-state index in [9.17, 15) is 14.7 Å². The second-order valence-corrected chi connectivity index (χ2v) is 7.73. The molecule has 4 aromatic rings. The van der Waals surface area contributed by atoms with Crippen molar-refractivity contribution in [2.75, 3.05) is 5.32 Å². The van der Waals surface area contributed by atoms with Crippen molar-refractivity contribution < 1.29 is 14.7 Å². The van der Waals surface area contributed by atoms with Gasteiger partial charge in [0, 0.05) is 11.1 Å². The summed E-state index contributed by atoms with van der Waals surface area (Å²) in [6.07, 6.45) is 0.335. The number of rotatable bonds is 7. The van der Waals surface area contributed by atoms with E-state index in [1.165, 1.54) is 6.20 Å². The molecular formula is C24H21ClN4O3. The third-order valence-corrected chi connectivity index (χ3v) is 5.23. The van der Waals surface area contributed by atoms with Gasteiger partial charge in [-0.2, -0.15) is 0 Å². The average Bonchev–Trinajstić information content (AvgIpc) is 3.23. The summed E-state index contributed by atoms with van der Waals surface area (Å²) >= 11 is 5.92. The van der Waals surface area contributed by atoms with E-state index in [4.69, 9.17) is 11.6 Å². The first-order valence-corrected chi connectivity index (χ1v) is 10.4. The van der Waals surface area contributed by atoms with Crippen LogP contribution in [-0.4, -0.2) is 39.0 Å². The van der Waals surface area contributed by atoms with Crippen molar-refractivity contribution in [3.63, 3.8) is 0 Å². The number of aliphatic hydroxyl groups excluding tert-OH is 1. The zero-order valence-electron chi connectivity index (χ0n) is 17.0. The molecule has 8 heteroatoms. The van der Waals surface area contributed by atoms with Crippen molar-refractivity contribution >= 4 is 40.0 Å². The molecule has 162 valence electrons. The van der Waals surface area contributed by atoms with Gasteiger partial charge in [-0.05, 0) is 36.2 Å². The molecule has 0 bridgehead atoms. The number of carbonyl (C=O) groups excluding carboxylic acids is 2. The van der Waals surface area contributed by atoms with E-state index in [0.717, 1.165) is 10.9 Å². The number of halogens is 1. The zero-order valence-corrected chi connectivity index (χ0v) is 17.7. The lowest BCUT2D eigenvalue weighted by atomic mass is 10.00. The van der Waals surface area contributed by atoms with Gasteiger partial charge >= 0.3 is 0 Å². The van der Waals surface area contributed by atoms with Gasteiger partial charge in [0.05, 0.1) is 17.8 Å². The van der Waals surface area contributed by atoms with Crippen molar-refractivity contribution in [3.8, 4) is 0 Å². The summed E-state index contributed by atoms with van der Waals surface area (Å²) in [7, 11) is 0. The van der Waals surface area contributed by atoms with Crippen molar-refractivity contribution in [2.24, 2.45) is 0 Å². The van der Waals surface area contributed by atoms with E-state index in [2.05, 4.69) is 20.6 Å². The van der Waals surface area contributed by atoms with Gasteiger partial charge in [-0.3, -0.25) is 9.59 Å². The molecule has 0 spiro atoms. The molecule has 4 rings (SSSR count). The van der Waals surface area contributed by atoms with Crippen LogP contribution in [0.3, 0.4) is 0 Å². The number of hydrogen-bond acceptors (Lipinski definition) is 4. The highest BCUT2D eigenvalue weighted by Gasteiger charge is 2.29. The number of nitrogens with one attached hydrogen (secondary N) is 3. The van der Waals surface area contributed by atoms with Gasteiger partial charge in [-0.15, -0.1) is 0 Å². The first kappa shape index (κ1) is 21.5. The molecule has 0 aliphatic heterocycles. The van der Waals surface area contributed by atoms with Gasteiger partial charge < -0.3 is 20.7 Å². The number of benzene rings is 2. The lowest BCUT2D eigenvalue weighted by Gasteiger charge is -2.23. The summed E-state index contributed by atoms with van der Waals surface area (Å²) in [4.78, 5) is 32.6. The Kier molecular flexibility index (Phi) is 6.49. The van der Waals surface area contributed by atoms with Gasteiger partial charge in [0.1, 0.15) is 10.8 Å². The number of nitrogens with zero attached hydrogens (tertiary/aromatic N) is 1. The van der Waals surface area contributed by atoms with Crippen LogP contribution in [0.4, 0.5) is 5.69 Å². The number of anilines is 1. The monoisotopic (exact) mass is 448 g/mol. The molecule has 32 heavy (non-hydrogen) atoms. The summed E-state index contributed by atoms with van der Waals surface area (Å²) in [6, 6.07) is 20.6. The van der Waals surface area contributed by atoms with Crippen LogP contribution in [0, 0.1) is 0 Å². The number of aromatic amines is 1. The van der Waals surface area contributed by atoms with Crippen molar-refractivity contribution in [3.05, 3.63) is 95.4 Å². The Morgan fingerprint density at radius 1 is 1.03 bits per heavy atom. The lowest BCUT2D eigenvalue weighted by molar-refractivity contribution is -0.125. The number of hydrogen-bond donors (Lipinski definition) is 4. The largest absolute Gasteiger partial charge is 0.381 e. The Morgan fingerprint density at radius 2 is 1.72 bits per heavy atom. The van der Waals surface area contributed by atoms with Crippen LogP contribution in [0.25, 0.3) is 10.9 Å². The van der Waals surface area contributed by atoms with Crippen LogP contribution < -0.4 is 10.6 Å². The highest BCUT2D eigenvalue weighted by molar-refractivity contribution is 6.30. The van der Waals surface area contributed by atoms with Crippen LogP contribution in [0.15, 0.2) is 79.0 Å². The number of pyridine rings is 1. The van der Waals surface area contributed by atoms with Gasteiger partial charge in [0.2, 0.25) is 0 Å². The summed E-state index contributed by atoms with van der Waals surface area (Å²) in [6.45, 7) is 0. The molecule has 0 aliphatic carbocycles. The highest BCUT2D eigenvalue weighted by atomic mass is 35.5. The number of aliphatic hydroxyl groups is 1. The predicted molar refractivity (Wildman–Crippen MR) is 124 cm³/mol. The minimum absolute atomic E-state index is 0.267. The Balaban J connectivity index is 1.55. The van der Waals surface area contributed by atoms with Crippen molar-refractivity contribution in [1.82, 2.24) is 15.3 Å². The molecule has 0 unspecified atom stereocenters. The molecule has 0 aliphatic rings. The highest BCUT2D eigenvalue weighted by Crippen LogP contribution is 2.18. The fourth-order valence-corrected chi connectivity index (χ4v) is 3.57. The Hall–Kier alpha value is -3.68. The SMILES string of the molecule is O=C(N[C@@H](Cc1ccccc1)[C@@H](O)C(=O)Nc1ccccc1)c1cc2cc(Cl)ncc2[nH]1. The third-order valence-electron chi connectivity index (χ3n) is 5.02. The van der Waals surface area contributed by atoms with E-state index in [1.807, 2.05) is 36.4 Å². The lowest BCUT2D eigenvalue weighted by Crippen LogP contribution is -2.50. The van der Waals surface area contributed by atoms with E-state index in [1.54, 1.807) is 36.4 Å². The number of para-hydroxylation sites is 1. The van der Waals surface area contributed by atoms with Crippen molar-refractivity contribution in [2.45, 2.75) is 18.6 Å². The molecule has 4 N–H and O–H groups in total. The molecular weight excluding hydrogens is 428 g/mol. The standard InChI is InChI=1S/C24H21ClN4O3/c25-21-13-16-12-19(28-20(16)14-26-21)23(31)29-18(11-15-7-3-1-4-8-15)22(30)24(32)27-17-9-5-2-6-10-17/h1-10,12-14,18,22,28,30H,11H2,(H,27,32)(H,29,31)/t18-,22+/m0/s1. The maximum absolute atomic E-state index is 12.9. The van der Waals surface area contributed by atoms with Crippen LogP contribution in [0.5, 0.6) is 0 Å². The topological polar surface area (TPSA) is 107 Å². The number of fused-ring (bicyclic) bond motifs is 1. The zero-order chi connectivity index (χ0) is 22.5. The smallest absolute Gasteiger partial charge is 0.268 e. The third kappa shape index (κ3) is 5.14. The molecule has 2 aromatic heterocycles. The number of carbonyl (C=O) groups is 2. The van der Waals surface area contributed by atoms with Crippen molar-refractivity contribution in [1.29, 1.82) is 0 Å². The molecule has 0 saturated heterocycles. The first-order valence-electron chi connectivity index (χ1n) is 10.0. The second kappa shape index (κ2) is 9.64. The first-order chi connectivity index (χ1) is 15.5. The summed E-state index contributed by atoms with van der Waals surface area (Å²) in [5.41, 5.74) is 2.36. The average molecular weight is 449 g/mol. The Morgan fingerprint density at radius 3 is 2.44 bits per heavy atom. The second-order valence-electron chi connectivity index (χ2n) is 7.35. The van der Waals surface area contributed by atoms with Gasteiger partial charge in [0.25, 0.3) is 11.8 Å². The molecule has 2 aromatic carbocycles. The summed E-state index contributed by atoms with van der Waals surface area (Å²) < 4.78 is 0. The minimum atomic E-state index is -1.47. The van der Waals surface area contributed by atoms with Crippen LogP contribution >= 0.6 is 11.6 Å². The molecule has 7 nitrogen and oxygen atoms in total. The quantitative estimate of drug-likeness (QED) is 0.324. The Labute approximate surface area is 189 Å². The molecule has 0 radical (unpaired) electrons. The number of amides is 2. The fourth-order valence-electron chi connectivity index (χ4n) is 3.40. The maximum atomic E-state index is 12.9. The maximum Gasteiger partial charge on any atom is 0.268 e. The fraction of sp³-hybridized carbons (Fsp3) is 0.125. The van der Waals surface area contributed by atoms with E-state index in [-0.39, 0.29) is 12.1 Å². The van der Waals surface area contributed by atoms with E-state index < -0.39 is 24.0 Å². The molecule has 2 atom stereocenters. The number of H-pyrrole nitrogens is 1. The number of aromatic nitrogens is 2. The van der Waals surface area contributed by atoms with E-state index >= 15 is 0 Å². The van der Waals surface area contributed by atoms with E-state index in [0.29, 0.717) is 16.4 Å². The molecule has 0 saturated carbocycles. The minimum Gasteiger partial charge on any atom is -0.381 e. The summed E-state index contributed by atoms with van der Waals surface area (Å²) in [5, 5.41) is 17.3. The molecule has 0 fully saturated rings. The summed E-state index contributed by atoms with van der Waals surface area (Å²) in [5.74, 6) is -1.06. The Bertz CT molecular complexity index is 1230. The molecule has 2 heterocycles. The van der Waals surface area contributed by atoms with Gasteiger partial charge in [-0.25, -0.2) is 4.98 Å². The van der Waals surface area contributed by atoms with Gasteiger partial charge in [0.15, 0.2) is 6.10 Å². The van der Waals surface area contributed by atoms with Crippen LogP contribution in [0.2, 0.25) is 5.15 Å². The predicted octanol–water partition coefficient (Wildman–Crippen LogP) is 3.56. The van der Waals surface area contributed by atoms with Crippen LogP contribution in [0.1, 0.15) is 16.1 Å². The van der Waals surface area contributed by atoms with Crippen LogP contribution in [-0.2, 0) is 11.2 Å². The molecule has 2 amide bonds.